The number of nitrogens with one attached hydrogen (secondary N) is 1. The van der Waals surface area contributed by atoms with E-state index in [-0.39, 0.29) is 0 Å². The molecule has 0 aliphatic heterocycles. The second-order valence-electron chi connectivity index (χ2n) is 3.92. The van der Waals surface area contributed by atoms with Gasteiger partial charge in [0.25, 0.3) is 0 Å². The van der Waals surface area contributed by atoms with Gasteiger partial charge in [-0.15, -0.1) is 17.9 Å². The quantitative estimate of drug-likeness (QED) is 0.566. The van der Waals surface area contributed by atoms with Gasteiger partial charge in [-0.05, 0) is 33.1 Å². The summed E-state index contributed by atoms with van der Waals surface area (Å²) in [5.41, 5.74) is 3.03. The summed E-state index contributed by atoms with van der Waals surface area (Å²) in [6.07, 6.45) is 5.50. The largest absolute Gasteiger partial charge is 0.306 e. The zero-order chi connectivity index (χ0) is 11.1. The van der Waals surface area contributed by atoms with Crippen molar-refractivity contribution in [2.24, 2.45) is 0 Å². The topological polar surface area (TPSA) is 24.9 Å². The van der Waals surface area contributed by atoms with Crippen LogP contribution < -0.4 is 5.32 Å². The number of aromatic nitrogens is 1. The summed E-state index contributed by atoms with van der Waals surface area (Å²) in [5.74, 6) is 0. The van der Waals surface area contributed by atoms with Gasteiger partial charge >= 0.3 is 0 Å². The zero-order valence-corrected chi connectivity index (χ0v) is 10.4. The Kier molecular flexibility index (Phi) is 5.58. The van der Waals surface area contributed by atoms with E-state index in [1.54, 1.807) is 11.3 Å². The van der Waals surface area contributed by atoms with Gasteiger partial charge in [0, 0.05) is 17.5 Å². The summed E-state index contributed by atoms with van der Waals surface area (Å²) in [4.78, 5) is 4.31. The number of thiazole rings is 1. The molecule has 1 rings (SSSR count). The van der Waals surface area contributed by atoms with Crippen molar-refractivity contribution in [2.45, 2.75) is 45.2 Å². The third-order valence-corrected chi connectivity index (χ3v) is 3.08. The molecule has 1 heterocycles. The molecular formula is C12H20N2S. The molecule has 0 aliphatic rings. The predicted molar refractivity (Wildman–Crippen MR) is 67.2 cm³/mol. The first-order valence-electron chi connectivity index (χ1n) is 5.49. The second-order valence-corrected chi connectivity index (χ2v) is 4.64. The van der Waals surface area contributed by atoms with E-state index in [0.29, 0.717) is 12.1 Å². The lowest BCUT2D eigenvalue weighted by Crippen LogP contribution is -2.28. The Morgan fingerprint density at radius 1 is 1.60 bits per heavy atom. The highest BCUT2D eigenvalue weighted by atomic mass is 32.1. The minimum atomic E-state index is 0.356. The third kappa shape index (κ3) is 4.58. The molecule has 2 atom stereocenters. The van der Waals surface area contributed by atoms with Crippen molar-refractivity contribution >= 4 is 11.3 Å². The van der Waals surface area contributed by atoms with Crippen molar-refractivity contribution in [2.75, 3.05) is 0 Å². The zero-order valence-electron chi connectivity index (χ0n) is 9.57. The highest BCUT2D eigenvalue weighted by Gasteiger charge is 2.10. The van der Waals surface area contributed by atoms with Gasteiger partial charge in [0.1, 0.15) is 0 Å². The van der Waals surface area contributed by atoms with Crippen LogP contribution in [0.5, 0.6) is 0 Å². The predicted octanol–water partition coefficient (Wildman–Crippen LogP) is 3.54. The van der Waals surface area contributed by atoms with E-state index in [1.165, 1.54) is 12.8 Å². The van der Waals surface area contributed by atoms with Gasteiger partial charge < -0.3 is 5.32 Å². The van der Waals surface area contributed by atoms with E-state index in [2.05, 4.69) is 36.1 Å². The van der Waals surface area contributed by atoms with Crippen LogP contribution >= 0.6 is 11.3 Å². The van der Waals surface area contributed by atoms with Crippen molar-refractivity contribution in [3.63, 3.8) is 0 Å². The molecule has 1 aromatic rings. The first kappa shape index (κ1) is 12.4. The van der Waals surface area contributed by atoms with Crippen molar-refractivity contribution < 1.29 is 0 Å². The highest BCUT2D eigenvalue weighted by Crippen LogP contribution is 2.13. The highest BCUT2D eigenvalue weighted by molar-refractivity contribution is 7.07. The molecule has 0 fully saturated rings. The van der Waals surface area contributed by atoms with E-state index in [9.17, 15) is 0 Å². The molecule has 1 N–H and O–H groups in total. The minimum Gasteiger partial charge on any atom is -0.306 e. The summed E-state index contributed by atoms with van der Waals surface area (Å²) in [5, 5.41) is 5.66. The summed E-state index contributed by atoms with van der Waals surface area (Å²) < 4.78 is 0. The Morgan fingerprint density at radius 3 is 3.00 bits per heavy atom. The number of allylic oxidation sites excluding steroid dienone is 1. The second kappa shape index (κ2) is 6.75. The van der Waals surface area contributed by atoms with Gasteiger partial charge in [0.2, 0.25) is 0 Å². The average molecular weight is 224 g/mol. The van der Waals surface area contributed by atoms with Crippen molar-refractivity contribution in [1.82, 2.24) is 10.3 Å². The molecule has 1 aromatic heterocycles. The van der Waals surface area contributed by atoms with Crippen molar-refractivity contribution in [3.8, 4) is 0 Å². The normalized spacial score (nSPS) is 14.8. The Hall–Kier alpha value is -0.670. The van der Waals surface area contributed by atoms with Crippen molar-refractivity contribution in [3.05, 3.63) is 29.2 Å². The minimum absolute atomic E-state index is 0.356. The maximum absolute atomic E-state index is 4.31. The van der Waals surface area contributed by atoms with Crippen LogP contribution in [0.2, 0.25) is 0 Å². The lowest BCUT2D eigenvalue weighted by atomic mass is 10.1. The van der Waals surface area contributed by atoms with E-state index in [1.807, 2.05) is 11.6 Å². The first-order chi connectivity index (χ1) is 7.24. The Balaban J connectivity index is 2.25. The van der Waals surface area contributed by atoms with Gasteiger partial charge in [0.15, 0.2) is 0 Å². The van der Waals surface area contributed by atoms with Gasteiger partial charge in [0.05, 0.1) is 11.2 Å². The van der Waals surface area contributed by atoms with Crippen LogP contribution in [0.4, 0.5) is 0 Å². The smallest absolute Gasteiger partial charge is 0.0795 e. The fourth-order valence-corrected chi connectivity index (χ4v) is 2.25. The van der Waals surface area contributed by atoms with Crippen LogP contribution in [0.15, 0.2) is 23.5 Å². The fourth-order valence-electron chi connectivity index (χ4n) is 1.60. The Bertz CT molecular complexity index is 269. The van der Waals surface area contributed by atoms with Crippen molar-refractivity contribution in [1.29, 1.82) is 0 Å². The molecule has 0 aromatic carbocycles. The molecule has 0 saturated heterocycles. The SMILES string of the molecule is C=CCCCC(C)NC(C)c1cscn1. The summed E-state index contributed by atoms with van der Waals surface area (Å²) in [6, 6.07) is 0.900. The average Bonchev–Trinajstić information content (AvgIpc) is 2.70. The fraction of sp³-hybridized carbons (Fsp3) is 0.583. The first-order valence-corrected chi connectivity index (χ1v) is 6.43. The standard InChI is InChI=1S/C12H20N2S/c1-4-5-6-7-10(2)14-11(3)12-8-15-9-13-12/h4,8-11,14H,1,5-7H2,2-3H3. The molecule has 3 heteroatoms. The van der Waals surface area contributed by atoms with Crippen LogP contribution in [-0.4, -0.2) is 11.0 Å². The van der Waals surface area contributed by atoms with Crippen LogP contribution in [0.3, 0.4) is 0 Å². The molecule has 0 bridgehead atoms. The third-order valence-electron chi connectivity index (χ3n) is 2.47. The number of hydrogen-bond acceptors (Lipinski definition) is 3. The molecule has 0 radical (unpaired) electrons. The number of nitrogens with zero attached hydrogens (tertiary/aromatic N) is 1. The molecule has 2 unspecified atom stereocenters. The molecular weight excluding hydrogens is 204 g/mol. The maximum Gasteiger partial charge on any atom is 0.0795 e. The molecule has 0 saturated carbocycles. The molecule has 2 nitrogen and oxygen atoms in total. The molecule has 0 aliphatic carbocycles. The van der Waals surface area contributed by atoms with E-state index >= 15 is 0 Å². The van der Waals surface area contributed by atoms with Gasteiger partial charge in [-0.3, -0.25) is 0 Å². The Morgan fingerprint density at radius 2 is 2.40 bits per heavy atom. The van der Waals surface area contributed by atoms with Crippen LogP contribution in [0.1, 0.15) is 44.8 Å². The lowest BCUT2D eigenvalue weighted by Gasteiger charge is -2.18. The van der Waals surface area contributed by atoms with Gasteiger partial charge in [-0.1, -0.05) is 6.08 Å². The summed E-state index contributed by atoms with van der Waals surface area (Å²) >= 11 is 1.65. The summed E-state index contributed by atoms with van der Waals surface area (Å²) in [6.45, 7) is 8.12. The number of unbranched alkanes of at least 4 members (excludes halogenated alkanes) is 1. The lowest BCUT2D eigenvalue weighted by molar-refractivity contribution is 0.443. The molecule has 84 valence electrons. The molecule has 0 amide bonds. The van der Waals surface area contributed by atoms with E-state index < -0.39 is 0 Å². The Labute approximate surface area is 96.4 Å². The van der Waals surface area contributed by atoms with Crippen LogP contribution in [-0.2, 0) is 0 Å². The number of hydrogen-bond donors (Lipinski definition) is 1. The summed E-state index contributed by atoms with van der Waals surface area (Å²) in [7, 11) is 0. The van der Waals surface area contributed by atoms with Crippen LogP contribution in [0.25, 0.3) is 0 Å². The van der Waals surface area contributed by atoms with Crippen LogP contribution in [0, 0.1) is 0 Å². The number of rotatable bonds is 7. The maximum atomic E-state index is 4.31. The van der Waals surface area contributed by atoms with Gasteiger partial charge in [-0.2, -0.15) is 0 Å². The van der Waals surface area contributed by atoms with E-state index in [4.69, 9.17) is 0 Å². The molecule has 0 spiro atoms. The van der Waals surface area contributed by atoms with Gasteiger partial charge in [-0.25, -0.2) is 4.98 Å². The molecule has 15 heavy (non-hydrogen) atoms. The monoisotopic (exact) mass is 224 g/mol. The van der Waals surface area contributed by atoms with E-state index in [0.717, 1.165) is 12.1 Å².